The number of esters is 1. The third-order valence-electron chi connectivity index (χ3n) is 4.27. The Labute approximate surface area is 167 Å². The van der Waals surface area contributed by atoms with Crippen molar-refractivity contribution >= 4 is 23.5 Å². The smallest absolute Gasteiger partial charge is 0.338 e. The summed E-state index contributed by atoms with van der Waals surface area (Å²) in [6.45, 7) is 0. The summed E-state index contributed by atoms with van der Waals surface area (Å²) in [7, 11) is 1.33. The van der Waals surface area contributed by atoms with E-state index in [1.807, 2.05) is 30.3 Å². The highest BCUT2D eigenvalue weighted by Gasteiger charge is 2.21. The normalized spacial score (nSPS) is 11.6. The summed E-state index contributed by atoms with van der Waals surface area (Å²) in [6.07, 6.45) is 0.218. The van der Waals surface area contributed by atoms with Crippen molar-refractivity contribution in [1.29, 1.82) is 0 Å². The fraction of sp³-hybridized carbons (Fsp3) is 0.130. The van der Waals surface area contributed by atoms with Crippen LogP contribution in [-0.4, -0.2) is 18.9 Å². The van der Waals surface area contributed by atoms with E-state index in [0.717, 1.165) is 5.56 Å². The third-order valence-corrected chi connectivity index (χ3v) is 5.60. The Morgan fingerprint density at radius 2 is 1.57 bits per heavy atom. The Morgan fingerprint density at radius 3 is 2.25 bits per heavy atom. The minimum Gasteiger partial charge on any atom is -0.465 e. The van der Waals surface area contributed by atoms with Crippen molar-refractivity contribution in [3.05, 3.63) is 101 Å². The van der Waals surface area contributed by atoms with Gasteiger partial charge >= 0.3 is 5.97 Å². The molecule has 0 unspecified atom stereocenters. The number of rotatable bonds is 7. The number of thioether (sulfide) groups is 1. The molecule has 0 fully saturated rings. The molecule has 0 saturated heterocycles. The lowest BCUT2D eigenvalue weighted by molar-refractivity contribution is 0.0596. The Morgan fingerprint density at radius 1 is 0.929 bits per heavy atom. The maximum absolute atomic E-state index is 13.4. The van der Waals surface area contributed by atoms with Crippen molar-refractivity contribution in [1.82, 2.24) is 0 Å². The number of benzene rings is 3. The first-order valence-electron chi connectivity index (χ1n) is 8.76. The largest absolute Gasteiger partial charge is 0.465 e. The zero-order valence-electron chi connectivity index (χ0n) is 15.3. The van der Waals surface area contributed by atoms with E-state index in [9.17, 15) is 14.0 Å². The van der Waals surface area contributed by atoms with Crippen LogP contribution in [0.1, 0.15) is 38.0 Å². The molecule has 0 heterocycles. The molecule has 0 spiro atoms. The van der Waals surface area contributed by atoms with Gasteiger partial charge in [-0.3, -0.25) is 4.79 Å². The topological polar surface area (TPSA) is 43.4 Å². The number of ether oxygens (including phenoxy) is 1. The van der Waals surface area contributed by atoms with E-state index in [2.05, 4.69) is 0 Å². The second-order valence-corrected chi connectivity index (χ2v) is 7.38. The molecule has 142 valence electrons. The monoisotopic (exact) mass is 394 g/mol. The summed E-state index contributed by atoms with van der Waals surface area (Å²) in [5.41, 5.74) is 1.88. The van der Waals surface area contributed by atoms with Crippen LogP contribution >= 0.6 is 11.8 Å². The van der Waals surface area contributed by atoms with Gasteiger partial charge < -0.3 is 4.74 Å². The first-order chi connectivity index (χ1) is 13.6. The predicted octanol–water partition coefficient (Wildman–Crippen LogP) is 5.72. The predicted molar refractivity (Wildman–Crippen MR) is 108 cm³/mol. The maximum atomic E-state index is 13.4. The number of ketones is 1. The Bertz CT molecular complexity index is 955. The molecule has 0 amide bonds. The molecule has 0 saturated carbocycles. The van der Waals surface area contributed by atoms with Crippen LogP contribution in [0.15, 0.2) is 83.8 Å². The van der Waals surface area contributed by atoms with Crippen LogP contribution in [0.3, 0.4) is 0 Å². The zero-order valence-corrected chi connectivity index (χ0v) is 16.1. The summed E-state index contributed by atoms with van der Waals surface area (Å²) in [5, 5.41) is -0.279. The Kier molecular flexibility index (Phi) is 6.61. The fourth-order valence-corrected chi connectivity index (χ4v) is 4.09. The van der Waals surface area contributed by atoms with Gasteiger partial charge in [-0.15, -0.1) is 11.8 Å². The van der Waals surface area contributed by atoms with Crippen molar-refractivity contribution in [3.63, 3.8) is 0 Å². The molecular formula is C23H19FO3S. The van der Waals surface area contributed by atoms with Gasteiger partial charge in [-0.25, -0.2) is 9.18 Å². The van der Waals surface area contributed by atoms with E-state index in [1.54, 1.807) is 36.4 Å². The quantitative estimate of drug-likeness (QED) is 0.292. The van der Waals surface area contributed by atoms with Crippen LogP contribution in [-0.2, 0) is 4.74 Å². The second-order valence-electron chi connectivity index (χ2n) is 6.14. The van der Waals surface area contributed by atoms with Crippen molar-refractivity contribution in [2.75, 3.05) is 7.11 Å². The fourth-order valence-electron chi connectivity index (χ4n) is 2.82. The lowest BCUT2D eigenvalue weighted by Gasteiger charge is -2.18. The second kappa shape index (κ2) is 9.33. The van der Waals surface area contributed by atoms with Gasteiger partial charge in [0.25, 0.3) is 0 Å². The Hall–Kier alpha value is -2.92. The molecule has 3 aromatic carbocycles. The molecule has 28 heavy (non-hydrogen) atoms. The molecule has 0 aliphatic rings. The summed E-state index contributed by atoms with van der Waals surface area (Å²) in [6, 6.07) is 22.2. The number of halogens is 1. The minimum absolute atomic E-state index is 0.0158. The lowest BCUT2D eigenvalue weighted by Crippen LogP contribution is -2.07. The van der Waals surface area contributed by atoms with Crippen LogP contribution in [0, 0.1) is 5.82 Å². The van der Waals surface area contributed by atoms with Gasteiger partial charge in [-0.1, -0.05) is 54.6 Å². The first-order valence-corrected chi connectivity index (χ1v) is 9.64. The SMILES string of the molecule is COC(=O)c1ccccc1S[C@H](CC(=O)c1ccccc1)c1ccc(F)cc1. The zero-order chi connectivity index (χ0) is 19.9. The van der Waals surface area contributed by atoms with Gasteiger partial charge in [0.2, 0.25) is 0 Å². The number of hydrogen-bond donors (Lipinski definition) is 0. The summed E-state index contributed by atoms with van der Waals surface area (Å²) < 4.78 is 18.2. The van der Waals surface area contributed by atoms with E-state index < -0.39 is 5.97 Å². The molecule has 3 nitrogen and oxygen atoms in total. The molecule has 0 aliphatic heterocycles. The van der Waals surface area contributed by atoms with Crippen molar-refractivity contribution < 1.29 is 18.7 Å². The van der Waals surface area contributed by atoms with Crippen molar-refractivity contribution in [2.45, 2.75) is 16.6 Å². The van der Waals surface area contributed by atoms with E-state index >= 15 is 0 Å². The van der Waals surface area contributed by atoms with Crippen molar-refractivity contribution in [3.8, 4) is 0 Å². The number of methoxy groups -OCH3 is 1. The van der Waals surface area contributed by atoms with Crippen LogP contribution < -0.4 is 0 Å². The molecule has 3 aromatic rings. The molecule has 0 N–H and O–H groups in total. The number of carbonyl (C=O) groups excluding carboxylic acids is 2. The van der Waals surface area contributed by atoms with Gasteiger partial charge in [0.05, 0.1) is 12.7 Å². The van der Waals surface area contributed by atoms with Crippen LogP contribution in [0.2, 0.25) is 0 Å². The highest BCUT2D eigenvalue weighted by atomic mass is 32.2. The molecule has 3 rings (SSSR count). The van der Waals surface area contributed by atoms with Crippen molar-refractivity contribution in [2.24, 2.45) is 0 Å². The third kappa shape index (κ3) is 4.87. The van der Waals surface area contributed by atoms with E-state index in [-0.39, 0.29) is 23.3 Å². The summed E-state index contributed by atoms with van der Waals surface area (Å²) in [4.78, 5) is 25.6. The van der Waals surface area contributed by atoms with Gasteiger partial charge in [0.15, 0.2) is 5.78 Å². The molecular weight excluding hydrogens is 375 g/mol. The number of Topliss-reactive ketones (excluding diaryl/α,β-unsaturated/α-hetero) is 1. The summed E-state index contributed by atoms with van der Waals surface area (Å²) >= 11 is 1.40. The van der Waals surface area contributed by atoms with E-state index in [1.165, 1.54) is 31.0 Å². The lowest BCUT2D eigenvalue weighted by atomic mass is 10.0. The average Bonchev–Trinajstić information content (AvgIpc) is 2.74. The van der Waals surface area contributed by atoms with E-state index in [0.29, 0.717) is 16.0 Å². The maximum Gasteiger partial charge on any atom is 0.338 e. The van der Waals surface area contributed by atoms with Crippen LogP contribution in [0.25, 0.3) is 0 Å². The molecule has 0 aliphatic carbocycles. The highest BCUT2D eigenvalue weighted by Crippen LogP contribution is 2.40. The van der Waals surface area contributed by atoms with Gasteiger partial charge in [0.1, 0.15) is 5.82 Å². The van der Waals surface area contributed by atoms with Gasteiger partial charge in [-0.05, 0) is 29.8 Å². The van der Waals surface area contributed by atoms with Crippen LogP contribution in [0.5, 0.6) is 0 Å². The molecule has 0 bridgehead atoms. The van der Waals surface area contributed by atoms with Gasteiger partial charge in [-0.2, -0.15) is 0 Å². The number of carbonyl (C=O) groups is 2. The van der Waals surface area contributed by atoms with E-state index in [4.69, 9.17) is 4.74 Å². The molecule has 0 aromatic heterocycles. The van der Waals surface area contributed by atoms with Gasteiger partial charge in [0, 0.05) is 22.1 Å². The average molecular weight is 394 g/mol. The molecule has 5 heteroatoms. The number of hydrogen-bond acceptors (Lipinski definition) is 4. The standard InChI is InChI=1S/C23H19FO3S/c1-27-23(26)19-9-5-6-10-21(19)28-22(17-11-13-18(24)14-12-17)15-20(25)16-7-3-2-4-8-16/h2-14,22H,15H2,1H3/t22-/m1/s1. The van der Waals surface area contributed by atoms with Crippen LogP contribution in [0.4, 0.5) is 4.39 Å². The summed E-state index contributed by atoms with van der Waals surface area (Å²) in [5.74, 6) is -0.787. The first kappa shape index (κ1) is 19.8. The molecule has 1 atom stereocenters. The Balaban J connectivity index is 1.92. The highest BCUT2D eigenvalue weighted by molar-refractivity contribution is 7.99. The molecule has 0 radical (unpaired) electrons. The minimum atomic E-state index is -0.435.